The number of aromatic nitrogens is 2. The fourth-order valence-corrected chi connectivity index (χ4v) is 3.40. The molecule has 0 atom stereocenters. The second kappa shape index (κ2) is 5.17. The summed E-state index contributed by atoms with van der Waals surface area (Å²) in [6.45, 7) is 1.73. The molecule has 0 unspecified atom stereocenters. The lowest BCUT2D eigenvalue weighted by Gasteiger charge is -2.27. The Kier molecular flexibility index (Phi) is 3.12. The fraction of sp³-hybridized carbons (Fsp3) is 0.235. The molecule has 0 bridgehead atoms. The molecule has 6 nitrogen and oxygen atoms in total. The van der Waals surface area contributed by atoms with E-state index in [4.69, 9.17) is 0 Å². The summed E-state index contributed by atoms with van der Waals surface area (Å²) < 4.78 is 0. The van der Waals surface area contributed by atoms with Crippen LogP contribution in [0.5, 0.6) is 5.88 Å². The van der Waals surface area contributed by atoms with Crippen LogP contribution in [-0.4, -0.2) is 33.6 Å². The first-order chi connectivity index (χ1) is 11.2. The number of H-pyrrole nitrogens is 1. The van der Waals surface area contributed by atoms with Gasteiger partial charge in [-0.3, -0.25) is 4.98 Å². The van der Waals surface area contributed by atoms with Crippen LogP contribution in [0.4, 0.5) is 5.69 Å². The number of nitrogens with zero attached hydrogens (tertiary/aromatic N) is 3. The van der Waals surface area contributed by atoms with Crippen LogP contribution in [0, 0.1) is 4.91 Å². The number of pyridine rings is 1. The van der Waals surface area contributed by atoms with Crippen molar-refractivity contribution < 1.29 is 5.11 Å². The molecule has 1 aliphatic rings. The number of fused-ring (bicyclic) bond motifs is 3. The molecule has 0 radical (unpaired) electrons. The van der Waals surface area contributed by atoms with Crippen LogP contribution < -0.4 is 0 Å². The van der Waals surface area contributed by atoms with E-state index in [-0.39, 0.29) is 11.6 Å². The van der Waals surface area contributed by atoms with E-state index in [1.54, 1.807) is 6.20 Å². The van der Waals surface area contributed by atoms with Crippen LogP contribution in [0.2, 0.25) is 0 Å². The molecule has 4 rings (SSSR count). The van der Waals surface area contributed by atoms with Gasteiger partial charge >= 0.3 is 0 Å². The van der Waals surface area contributed by atoms with E-state index in [0.717, 1.165) is 41.7 Å². The van der Waals surface area contributed by atoms with Gasteiger partial charge in [0.15, 0.2) is 5.69 Å². The first-order valence-corrected chi connectivity index (χ1v) is 7.50. The van der Waals surface area contributed by atoms with Crippen molar-refractivity contribution in [1.82, 2.24) is 14.9 Å². The maximum atomic E-state index is 11.1. The van der Waals surface area contributed by atoms with E-state index in [1.807, 2.05) is 24.4 Å². The van der Waals surface area contributed by atoms with Crippen molar-refractivity contribution in [3.8, 4) is 17.0 Å². The Labute approximate surface area is 132 Å². The second-order valence-corrected chi connectivity index (χ2v) is 5.95. The number of rotatable bonds is 2. The number of aromatic hydroxyl groups is 1. The van der Waals surface area contributed by atoms with Crippen molar-refractivity contribution in [2.24, 2.45) is 5.18 Å². The van der Waals surface area contributed by atoms with Gasteiger partial charge in [0, 0.05) is 36.4 Å². The minimum Gasteiger partial charge on any atom is -0.493 e. The molecule has 2 N–H and O–H groups in total. The van der Waals surface area contributed by atoms with Crippen molar-refractivity contribution in [2.75, 3.05) is 13.6 Å². The third kappa shape index (κ3) is 2.10. The molecular weight excluding hydrogens is 292 g/mol. The Morgan fingerprint density at radius 3 is 3.00 bits per heavy atom. The zero-order valence-corrected chi connectivity index (χ0v) is 12.7. The standard InChI is InChI=1S/C17H16N4O2/c1-21-6-4-11-12(10-3-2-5-18-8-10)7-13-15(14(11)9-21)19-17(22)16(13)20-23/h2-3,5,7-8,19,22H,4,6,9H2,1H3. The highest BCUT2D eigenvalue weighted by molar-refractivity contribution is 6.00. The molecule has 6 heteroatoms. The zero-order valence-electron chi connectivity index (χ0n) is 12.7. The summed E-state index contributed by atoms with van der Waals surface area (Å²) in [6, 6.07) is 5.84. The van der Waals surface area contributed by atoms with Gasteiger partial charge in [0.25, 0.3) is 0 Å². The third-order valence-corrected chi connectivity index (χ3v) is 4.51. The normalized spacial score (nSPS) is 14.8. The highest BCUT2D eigenvalue weighted by atomic mass is 16.3. The smallest absolute Gasteiger partial charge is 0.219 e. The average molecular weight is 308 g/mol. The summed E-state index contributed by atoms with van der Waals surface area (Å²) in [5.41, 5.74) is 5.28. The van der Waals surface area contributed by atoms with Gasteiger partial charge in [-0.25, -0.2) is 0 Å². The number of aromatic amines is 1. The fourth-order valence-electron chi connectivity index (χ4n) is 3.40. The highest BCUT2D eigenvalue weighted by Crippen LogP contribution is 2.42. The van der Waals surface area contributed by atoms with E-state index >= 15 is 0 Å². The molecule has 0 amide bonds. The minimum atomic E-state index is -0.172. The Hall–Kier alpha value is -2.73. The average Bonchev–Trinajstić information content (AvgIpc) is 2.90. The molecular formula is C17H16N4O2. The predicted molar refractivity (Wildman–Crippen MR) is 88.7 cm³/mol. The number of benzene rings is 1. The molecule has 3 aromatic rings. The summed E-state index contributed by atoms with van der Waals surface area (Å²) in [5.74, 6) is -0.172. The van der Waals surface area contributed by atoms with Crippen molar-refractivity contribution in [1.29, 1.82) is 0 Å². The first-order valence-electron chi connectivity index (χ1n) is 7.50. The van der Waals surface area contributed by atoms with Crippen LogP contribution >= 0.6 is 0 Å². The summed E-state index contributed by atoms with van der Waals surface area (Å²) in [5, 5.41) is 13.6. The number of likely N-dealkylation sites (N-methyl/N-ethyl adjacent to an activating group) is 1. The summed E-state index contributed by atoms with van der Waals surface area (Å²) in [7, 11) is 2.06. The zero-order chi connectivity index (χ0) is 16.0. The summed E-state index contributed by atoms with van der Waals surface area (Å²) >= 11 is 0. The SMILES string of the molecule is CN1CCc2c(-c3cccnc3)cc3c(N=O)c(O)[nH]c3c2C1. The Balaban J connectivity index is 2.08. The van der Waals surface area contributed by atoms with Gasteiger partial charge in [0.1, 0.15) is 0 Å². The third-order valence-electron chi connectivity index (χ3n) is 4.51. The topological polar surface area (TPSA) is 81.6 Å². The van der Waals surface area contributed by atoms with Gasteiger partial charge in [-0.15, -0.1) is 4.91 Å². The van der Waals surface area contributed by atoms with Crippen LogP contribution in [0.1, 0.15) is 11.1 Å². The van der Waals surface area contributed by atoms with E-state index in [2.05, 4.69) is 27.1 Å². The molecule has 1 aliphatic heterocycles. The van der Waals surface area contributed by atoms with Gasteiger partial charge in [-0.2, -0.15) is 0 Å². The summed E-state index contributed by atoms with van der Waals surface area (Å²) in [4.78, 5) is 20.5. The lowest BCUT2D eigenvalue weighted by atomic mass is 9.89. The van der Waals surface area contributed by atoms with E-state index < -0.39 is 0 Å². The molecule has 0 saturated carbocycles. The van der Waals surface area contributed by atoms with Gasteiger partial charge in [0.05, 0.1) is 5.52 Å². The highest BCUT2D eigenvalue weighted by Gasteiger charge is 2.24. The molecule has 1 aromatic carbocycles. The molecule has 3 heterocycles. The maximum absolute atomic E-state index is 11.1. The molecule has 0 spiro atoms. The maximum Gasteiger partial charge on any atom is 0.219 e. The van der Waals surface area contributed by atoms with Crippen LogP contribution in [0.25, 0.3) is 22.0 Å². The van der Waals surface area contributed by atoms with Crippen LogP contribution in [-0.2, 0) is 13.0 Å². The number of hydrogen-bond acceptors (Lipinski definition) is 5. The van der Waals surface area contributed by atoms with Crippen LogP contribution in [0.3, 0.4) is 0 Å². The van der Waals surface area contributed by atoms with Crippen LogP contribution in [0.15, 0.2) is 35.8 Å². The van der Waals surface area contributed by atoms with Gasteiger partial charge < -0.3 is 15.0 Å². The first kappa shape index (κ1) is 13.9. The van der Waals surface area contributed by atoms with Crippen molar-refractivity contribution in [3.05, 3.63) is 46.6 Å². The van der Waals surface area contributed by atoms with E-state index in [9.17, 15) is 10.0 Å². The minimum absolute atomic E-state index is 0.0705. The summed E-state index contributed by atoms with van der Waals surface area (Å²) in [6.07, 6.45) is 4.47. The Bertz CT molecular complexity index is 902. The van der Waals surface area contributed by atoms with E-state index in [0.29, 0.717) is 5.39 Å². The Morgan fingerprint density at radius 1 is 1.39 bits per heavy atom. The molecule has 23 heavy (non-hydrogen) atoms. The van der Waals surface area contributed by atoms with Gasteiger partial charge in [0.2, 0.25) is 5.88 Å². The Morgan fingerprint density at radius 2 is 2.26 bits per heavy atom. The largest absolute Gasteiger partial charge is 0.493 e. The molecule has 2 aromatic heterocycles. The lowest BCUT2D eigenvalue weighted by molar-refractivity contribution is 0.314. The molecule has 0 aliphatic carbocycles. The molecule has 0 saturated heterocycles. The predicted octanol–water partition coefficient (Wildman–Crippen LogP) is 3.32. The lowest BCUT2D eigenvalue weighted by Crippen LogP contribution is -2.27. The van der Waals surface area contributed by atoms with Gasteiger partial charge in [-0.05, 0) is 47.5 Å². The molecule has 116 valence electrons. The quantitative estimate of drug-likeness (QED) is 0.712. The number of hydrogen-bond donors (Lipinski definition) is 2. The van der Waals surface area contributed by atoms with E-state index in [1.165, 1.54) is 5.56 Å². The van der Waals surface area contributed by atoms with Crippen molar-refractivity contribution in [3.63, 3.8) is 0 Å². The monoisotopic (exact) mass is 308 g/mol. The number of nitrogens with one attached hydrogen (secondary N) is 1. The molecule has 0 fully saturated rings. The number of nitroso groups, excluding NO2 is 1. The van der Waals surface area contributed by atoms with Crippen molar-refractivity contribution in [2.45, 2.75) is 13.0 Å². The second-order valence-electron chi connectivity index (χ2n) is 5.95. The van der Waals surface area contributed by atoms with Crippen molar-refractivity contribution >= 4 is 16.6 Å². The van der Waals surface area contributed by atoms with Gasteiger partial charge in [-0.1, -0.05) is 6.07 Å².